The maximum absolute atomic E-state index is 14.4. The molecule has 3 aliphatic carbocycles. The number of hydrogen-bond donors (Lipinski definition) is 5. The number of aromatic nitrogens is 2. The second-order valence-corrected chi connectivity index (χ2v) is 15.4. The molecule has 52 heavy (non-hydrogen) atoms. The fourth-order valence-corrected chi connectivity index (χ4v) is 9.57. The second-order valence-electron chi connectivity index (χ2n) is 14.4. The molecule has 3 saturated carbocycles. The third kappa shape index (κ3) is 5.54. The SMILES string of the molecule is CCl.CNCCN(C)C(=O)Oc1cc2c(c3c(C)c[nH]c13)CCN2C(=O)C12CC(C(=O)N3CC(CCl)c4c3cc(OP(O)O)c3[nH]cc(C)c43)(C1)C2. The molecule has 4 heterocycles. The van der Waals surface area contributed by atoms with Crippen molar-refractivity contribution < 1.29 is 33.4 Å². The van der Waals surface area contributed by atoms with Crippen LogP contribution in [0.3, 0.4) is 0 Å². The van der Waals surface area contributed by atoms with Gasteiger partial charge in [0.15, 0.2) is 11.5 Å². The van der Waals surface area contributed by atoms with Crippen molar-refractivity contribution in [3.8, 4) is 11.5 Å². The number of fused-ring (bicyclic) bond motifs is 6. The molecule has 2 aromatic heterocycles. The Morgan fingerprint density at radius 1 is 0.981 bits per heavy atom. The number of amides is 3. The van der Waals surface area contributed by atoms with Crippen LogP contribution in [-0.2, 0) is 16.0 Å². The van der Waals surface area contributed by atoms with E-state index < -0.39 is 25.5 Å². The average molecular weight is 774 g/mol. The number of aromatic amines is 2. The van der Waals surface area contributed by atoms with E-state index in [1.807, 2.05) is 38.2 Å². The van der Waals surface area contributed by atoms with E-state index in [1.165, 1.54) is 11.3 Å². The number of carbonyl (C=O) groups excluding carboxylic acids is 3. The van der Waals surface area contributed by atoms with E-state index in [2.05, 4.69) is 26.9 Å². The molecule has 3 amide bonds. The van der Waals surface area contributed by atoms with Gasteiger partial charge in [0.05, 0.1) is 33.2 Å². The third-order valence-corrected chi connectivity index (χ3v) is 12.1. The molecule has 0 saturated heterocycles. The van der Waals surface area contributed by atoms with Crippen LogP contribution in [0.2, 0.25) is 0 Å². The van der Waals surface area contributed by atoms with E-state index in [-0.39, 0.29) is 23.5 Å². The number of rotatable bonds is 9. The highest BCUT2D eigenvalue weighted by atomic mass is 35.5. The number of H-pyrrole nitrogens is 2. The van der Waals surface area contributed by atoms with Crippen molar-refractivity contribution in [2.45, 2.75) is 45.4 Å². The molecule has 16 heteroatoms. The highest BCUT2D eigenvalue weighted by molar-refractivity contribution is 7.39. The van der Waals surface area contributed by atoms with E-state index in [0.717, 1.165) is 44.2 Å². The van der Waals surface area contributed by atoms with E-state index in [4.69, 9.17) is 20.9 Å². The average Bonchev–Trinajstić information content (AvgIpc) is 3.87. The number of carbonyl (C=O) groups is 3. The van der Waals surface area contributed by atoms with Crippen LogP contribution in [0.25, 0.3) is 21.8 Å². The molecular weight excluding hydrogens is 730 g/mol. The van der Waals surface area contributed by atoms with Crippen LogP contribution in [0.1, 0.15) is 47.4 Å². The predicted molar refractivity (Wildman–Crippen MR) is 203 cm³/mol. The number of ether oxygens (including phenoxy) is 1. The number of likely N-dealkylation sites (N-methyl/N-ethyl adjacent to an activating group) is 2. The summed E-state index contributed by atoms with van der Waals surface area (Å²) in [6.07, 6.45) is 6.76. The van der Waals surface area contributed by atoms with Gasteiger partial charge in [-0.15, -0.1) is 23.2 Å². The molecule has 0 spiro atoms. The Labute approximate surface area is 312 Å². The standard InChI is InChI=1S/C35H40ClN6O7P.CH3Cl/c1-18-12-38-29-24(48-33(45)40(4)8-6-37-3)9-22-21(26(18)29)5-7-41(22)31(43)34-15-35(16-34,17-34)32(44)42-14-20(11-36)28-23(42)10-25(49-50(46)47)30-27(28)19(2)13-39-30;1-2/h9-10,12-13,20,37-39,46-47H,5-8,11,14-17H2,1-4H3;1H3. The topological polar surface area (TPSA) is 163 Å². The number of aryl methyl sites for hydroxylation is 2. The van der Waals surface area contributed by atoms with Gasteiger partial charge in [-0.05, 0) is 68.8 Å². The first-order valence-corrected chi connectivity index (χ1v) is 19.7. The lowest BCUT2D eigenvalue weighted by molar-refractivity contribution is -0.204. The van der Waals surface area contributed by atoms with Crippen molar-refractivity contribution in [1.82, 2.24) is 20.2 Å². The van der Waals surface area contributed by atoms with Gasteiger partial charge in [0.25, 0.3) is 0 Å². The molecule has 5 aliphatic rings. The van der Waals surface area contributed by atoms with Gasteiger partial charge >= 0.3 is 14.7 Å². The molecule has 3 fully saturated rings. The minimum Gasteiger partial charge on any atom is -0.425 e. The Morgan fingerprint density at radius 2 is 1.58 bits per heavy atom. The van der Waals surface area contributed by atoms with Gasteiger partial charge in [0, 0.05) is 86.7 Å². The molecule has 2 aliphatic heterocycles. The first kappa shape index (κ1) is 36.8. The summed E-state index contributed by atoms with van der Waals surface area (Å²) in [6, 6.07) is 3.50. The summed E-state index contributed by atoms with van der Waals surface area (Å²) >= 11 is 11.1. The van der Waals surface area contributed by atoms with Crippen molar-refractivity contribution in [2.75, 3.05) is 62.3 Å². The minimum atomic E-state index is -2.68. The lowest BCUT2D eigenvalue weighted by Crippen LogP contribution is -2.72. The van der Waals surface area contributed by atoms with Crippen molar-refractivity contribution in [2.24, 2.45) is 10.8 Å². The summed E-state index contributed by atoms with van der Waals surface area (Å²) in [6.45, 7) is 5.96. The van der Waals surface area contributed by atoms with Crippen LogP contribution in [0.4, 0.5) is 16.2 Å². The van der Waals surface area contributed by atoms with Gasteiger partial charge in [-0.1, -0.05) is 0 Å². The van der Waals surface area contributed by atoms with Crippen LogP contribution in [0.5, 0.6) is 11.5 Å². The quantitative estimate of drug-likeness (QED) is 0.106. The van der Waals surface area contributed by atoms with E-state index in [9.17, 15) is 24.2 Å². The van der Waals surface area contributed by atoms with Crippen molar-refractivity contribution >= 4 is 82.9 Å². The Bertz CT molecular complexity index is 2080. The van der Waals surface area contributed by atoms with E-state index >= 15 is 0 Å². The molecule has 4 aromatic rings. The molecule has 0 radical (unpaired) electrons. The maximum Gasteiger partial charge on any atom is 0.415 e. The first-order chi connectivity index (χ1) is 24.9. The lowest BCUT2D eigenvalue weighted by atomic mass is 9.34. The van der Waals surface area contributed by atoms with Gasteiger partial charge in [0.1, 0.15) is 0 Å². The number of alkyl halides is 2. The zero-order valence-corrected chi connectivity index (χ0v) is 32.1. The largest absolute Gasteiger partial charge is 0.425 e. The fraction of sp³-hybridized carbons (Fsp3) is 0.472. The lowest BCUT2D eigenvalue weighted by Gasteiger charge is -2.69. The van der Waals surface area contributed by atoms with Gasteiger partial charge in [0.2, 0.25) is 11.8 Å². The molecular formula is C36H43Cl2N6O7P. The smallest absolute Gasteiger partial charge is 0.415 e. The summed E-state index contributed by atoms with van der Waals surface area (Å²) < 4.78 is 11.3. The van der Waals surface area contributed by atoms with Crippen LogP contribution in [0.15, 0.2) is 24.5 Å². The second kappa shape index (κ2) is 13.7. The summed E-state index contributed by atoms with van der Waals surface area (Å²) in [7, 11) is 0.828. The van der Waals surface area contributed by atoms with Gasteiger partial charge in [-0.3, -0.25) is 9.59 Å². The summed E-state index contributed by atoms with van der Waals surface area (Å²) in [5.41, 5.74) is 5.44. The molecule has 278 valence electrons. The number of nitrogens with one attached hydrogen (secondary N) is 3. The monoisotopic (exact) mass is 772 g/mol. The predicted octanol–water partition coefficient (Wildman–Crippen LogP) is 5.79. The zero-order valence-electron chi connectivity index (χ0n) is 29.7. The van der Waals surface area contributed by atoms with Gasteiger partial charge < -0.3 is 49.0 Å². The maximum atomic E-state index is 14.4. The highest BCUT2D eigenvalue weighted by Gasteiger charge is 2.76. The highest BCUT2D eigenvalue weighted by Crippen LogP contribution is 2.75. The van der Waals surface area contributed by atoms with Gasteiger partial charge in [-0.25, -0.2) is 4.79 Å². The van der Waals surface area contributed by atoms with Crippen molar-refractivity contribution in [1.29, 1.82) is 0 Å². The summed E-state index contributed by atoms with van der Waals surface area (Å²) in [5, 5.41) is 4.87. The normalized spacial score (nSPS) is 22.5. The zero-order chi connectivity index (χ0) is 37.3. The number of halogens is 2. The summed E-state index contributed by atoms with van der Waals surface area (Å²) in [4.78, 5) is 72.6. The molecule has 13 nitrogen and oxygen atoms in total. The molecule has 5 N–H and O–H groups in total. The fourth-order valence-electron chi connectivity index (χ4n) is 8.99. The minimum absolute atomic E-state index is 0.00178. The van der Waals surface area contributed by atoms with Crippen molar-refractivity contribution in [3.05, 3.63) is 46.8 Å². The first-order valence-electron chi connectivity index (χ1n) is 17.2. The molecule has 9 rings (SSSR count). The number of nitrogens with zero attached hydrogens (tertiary/aromatic N) is 3. The van der Waals surface area contributed by atoms with Gasteiger partial charge in [-0.2, -0.15) is 0 Å². The third-order valence-electron chi connectivity index (χ3n) is 11.3. The van der Waals surface area contributed by atoms with Crippen LogP contribution in [-0.4, -0.2) is 95.1 Å². The molecule has 1 unspecified atom stereocenters. The summed E-state index contributed by atoms with van der Waals surface area (Å²) in [5.74, 6) is 0.790. The Balaban J connectivity index is 0.00000207. The van der Waals surface area contributed by atoms with Crippen LogP contribution < -0.4 is 24.4 Å². The van der Waals surface area contributed by atoms with Crippen LogP contribution in [0, 0.1) is 24.7 Å². The van der Waals surface area contributed by atoms with Crippen molar-refractivity contribution in [3.63, 3.8) is 0 Å². The Hall–Kier alpha value is -3.58. The Kier molecular flexibility index (Phi) is 9.67. The Morgan fingerprint density at radius 3 is 2.19 bits per heavy atom. The van der Waals surface area contributed by atoms with E-state index in [1.54, 1.807) is 24.1 Å². The molecule has 1 atom stereocenters. The molecule has 2 bridgehead atoms. The number of hydrogen-bond acceptors (Lipinski definition) is 8. The van der Waals surface area contributed by atoms with E-state index in [0.29, 0.717) is 74.7 Å². The number of anilines is 2. The van der Waals surface area contributed by atoms with Crippen LogP contribution >= 0.6 is 31.8 Å². The number of benzene rings is 2. The molecule has 2 aromatic carbocycles.